The van der Waals surface area contributed by atoms with Gasteiger partial charge in [-0.05, 0) is 32.0 Å². The van der Waals surface area contributed by atoms with Gasteiger partial charge in [-0.2, -0.15) is 0 Å². The maximum Gasteiger partial charge on any atom is 0.251 e. The molecular weight excluding hydrogens is 432 g/mol. The predicted molar refractivity (Wildman–Crippen MR) is 121 cm³/mol. The first kappa shape index (κ1) is 22.3. The van der Waals surface area contributed by atoms with Gasteiger partial charge in [0.25, 0.3) is 5.92 Å². The van der Waals surface area contributed by atoms with Crippen LogP contribution in [0.5, 0.6) is 11.5 Å². The van der Waals surface area contributed by atoms with E-state index in [4.69, 9.17) is 19.5 Å². The zero-order chi connectivity index (χ0) is 23.0. The van der Waals surface area contributed by atoms with Gasteiger partial charge in [0.05, 0.1) is 32.0 Å². The molecule has 2 saturated heterocycles. The molecule has 2 fully saturated rings. The fourth-order valence-corrected chi connectivity index (χ4v) is 4.90. The van der Waals surface area contributed by atoms with Crippen molar-refractivity contribution in [2.75, 3.05) is 59.6 Å². The molecule has 0 aliphatic carbocycles. The van der Waals surface area contributed by atoms with E-state index < -0.39 is 5.92 Å². The molecule has 0 amide bonds. The summed E-state index contributed by atoms with van der Waals surface area (Å²) < 4.78 is 39.2. The minimum Gasteiger partial charge on any atom is -0.493 e. The summed E-state index contributed by atoms with van der Waals surface area (Å²) in [4.78, 5) is 15.8. The van der Waals surface area contributed by atoms with E-state index in [9.17, 15) is 13.9 Å². The van der Waals surface area contributed by atoms with Crippen LogP contribution in [-0.4, -0.2) is 103 Å². The number of benzene rings is 1. The number of aliphatic hydroxyl groups is 1. The third-order valence-electron chi connectivity index (χ3n) is 6.79. The minimum atomic E-state index is -2.64. The minimum absolute atomic E-state index is 0.0878. The summed E-state index contributed by atoms with van der Waals surface area (Å²) in [7, 11) is 1.60. The van der Waals surface area contributed by atoms with E-state index in [0.29, 0.717) is 42.1 Å². The lowest BCUT2D eigenvalue weighted by atomic mass is 10.1. The molecular formula is C23H31F2N5O3. The third kappa shape index (κ3) is 4.50. The predicted octanol–water partition coefficient (Wildman–Crippen LogP) is 2.33. The summed E-state index contributed by atoms with van der Waals surface area (Å²) >= 11 is 0. The Hall–Kier alpha value is -2.46. The number of alkyl halides is 2. The van der Waals surface area contributed by atoms with Crippen molar-refractivity contribution in [2.24, 2.45) is 9.98 Å². The second kappa shape index (κ2) is 9.06. The van der Waals surface area contributed by atoms with Crippen molar-refractivity contribution in [1.29, 1.82) is 0 Å². The monoisotopic (exact) mass is 463 g/mol. The largest absolute Gasteiger partial charge is 0.493 e. The van der Waals surface area contributed by atoms with Crippen LogP contribution < -0.4 is 9.47 Å². The maximum atomic E-state index is 13.8. The number of methoxy groups -OCH3 is 1. The van der Waals surface area contributed by atoms with Gasteiger partial charge in [0.1, 0.15) is 12.4 Å². The molecule has 8 nitrogen and oxygen atoms in total. The number of hydrogen-bond acceptors (Lipinski definition) is 8. The highest BCUT2D eigenvalue weighted by Crippen LogP contribution is 2.40. The smallest absolute Gasteiger partial charge is 0.251 e. The zero-order valence-electron chi connectivity index (χ0n) is 19.0. The van der Waals surface area contributed by atoms with Gasteiger partial charge < -0.3 is 19.5 Å². The molecule has 1 unspecified atom stereocenters. The summed E-state index contributed by atoms with van der Waals surface area (Å²) in [5, 5.41) is 9.72. The van der Waals surface area contributed by atoms with E-state index >= 15 is 0 Å². The average Bonchev–Trinajstić information content (AvgIpc) is 3.48. The summed E-state index contributed by atoms with van der Waals surface area (Å²) in [6, 6.07) is 3.43. The van der Waals surface area contributed by atoms with E-state index in [-0.39, 0.29) is 38.6 Å². The molecule has 0 radical (unpaired) electrons. The third-order valence-corrected chi connectivity index (χ3v) is 6.79. The van der Waals surface area contributed by atoms with Crippen LogP contribution in [0.1, 0.15) is 31.2 Å². The highest BCUT2D eigenvalue weighted by molar-refractivity contribution is 6.16. The SMILES string of the molecule is COc1cc2c(cc1OCCN1CCCC1)N=C(N1CCC(F)(F)CC1)N1CC(CO)N=C21. The number of aliphatic imine (C=N–C) groups is 2. The number of fused-ring (bicyclic) bond motifs is 3. The van der Waals surface area contributed by atoms with E-state index in [1.807, 2.05) is 21.9 Å². The number of amidine groups is 1. The van der Waals surface area contributed by atoms with Crippen molar-refractivity contribution in [1.82, 2.24) is 14.7 Å². The van der Waals surface area contributed by atoms with Crippen molar-refractivity contribution in [3.8, 4) is 11.5 Å². The number of ether oxygens (including phenoxy) is 2. The molecule has 4 aliphatic rings. The van der Waals surface area contributed by atoms with Gasteiger partial charge in [-0.25, -0.2) is 13.8 Å². The molecule has 4 heterocycles. The fourth-order valence-electron chi connectivity index (χ4n) is 4.90. The molecule has 1 aromatic carbocycles. The summed E-state index contributed by atoms with van der Waals surface area (Å²) in [5.41, 5.74) is 1.47. The van der Waals surface area contributed by atoms with Crippen LogP contribution in [-0.2, 0) is 0 Å². The number of aliphatic hydroxyl groups excluding tert-OH is 1. The Morgan fingerprint density at radius 1 is 1.12 bits per heavy atom. The van der Waals surface area contributed by atoms with Crippen LogP contribution in [0, 0.1) is 0 Å². The standard InChI is InChI=1S/C23H31F2N5O3/c1-32-19-12-17-18(13-20(19)33-11-10-28-6-2-3-7-28)27-22(29-8-4-23(24,25)5-9-29)30-14-16(15-31)26-21(17)30/h12-13,16,31H,2-11,14-15H2,1H3. The Bertz CT molecular complexity index is 938. The maximum absolute atomic E-state index is 13.8. The molecule has 1 N–H and O–H groups in total. The lowest BCUT2D eigenvalue weighted by molar-refractivity contribution is -0.0445. The van der Waals surface area contributed by atoms with Crippen molar-refractivity contribution < 1.29 is 23.4 Å². The van der Waals surface area contributed by atoms with E-state index in [1.165, 1.54) is 12.8 Å². The van der Waals surface area contributed by atoms with Gasteiger partial charge in [-0.15, -0.1) is 0 Å². The molecule has 1 aromatic rings. The highest BCUT2D eigenvalue weighted by Gasteiger charge is 2.41. The van der Waals surface area contributed by atoms with E-state index in [1.54, 1.807) is 7.11 Å². The number of rotatable bonds is 6. The topological polar surface area (TPSA) is 73.1 Å². The Labute approximate surface area is 192 Å². The summed E-state index contributed by atoms with van der Waals surface area (Å²) in [5.74, 6) is -0.131. The summed E-state index contributed by atoms with van der Waals surface area (Å²) in [6.45, 7) is 4.45. The Morgan fingerprint density at radius 3 is 2.58 bits per heavy atom. The van der Waals surface area contributed by atoms with Crippen LogP contribution >= 0.6 is 0 Å². The number of guanidine groups is 1. The van der Waals surface area contributed by atoms with Crippen LogP contribution in [0.25, 0.3) is 0 Å². The molecule has 5 rings (SSSR count). The van der Waals surface area contributed by atoms with Crippen molar-refractivity contribution in [3.05, 3.63) is 17.7 Å². The highest BCUT2D eigenvalue weighted by atomic mass is 19.3. The van der Waals surface area contributed by atoms with Gasteiger partial charge in [0, 0.05) is 44.1 Å². The van der Waals surface area contributed by atoms with Crippen LogP contribution in [0.4, 0.5) is 14.5 Å². The first-order chi connectivity index (χ1) is 16.0. The molecule has 10 heteroatoms. The molecule has 1 atom stereocenters. The van der Waals surface area contributed by atoms with Gasteiger partial charge in [-0.1, -0.05) is 0 Å². The van der Waals surface area contributed by atoms with Gasteiger partial charge in [0.15, 0.2) is 11.5 Å². The van der Waals surface area contributed by atoms with Crippen molar-refractivity contribution in [3.63, 3.8) is 0 Å². The molecule has 4 aliphatic heterocycles. The Kier molecular flexibility index (Phi) is 6.13. The first-order valence-corrected chi connectivity index (χ1v) is 11.7. The molecule has 0 spiro atoms. The normalized spacial score (nSPS) is 24.3. The average molecular weight is 464 g/mol. The second-order valence-corrected chi connectivity index (χ2v) is 9.07. The van der Waals surface area contributed by atoms with E-state index in [0.717, 1.165) is 25.2 Å². The fraction of sp³-hybridized carbons (Fsp3) is 0.652. The number of likely N-dealkylation sites (tertiary alicyclic amines) is 2. The molecule has 33 heavy (non-hydrogen) atoms. The Balaban J connectivity index is 1.44. The number of hydrogen-bond donors (Lipinski definition) is 1. The quantitative estimate of drug-likeness (QED) is 0.698. The molecule has 0 aromatic heterocycles. The van der Waals surface area contributed by atoms with Crippen LogP contribution in [0.3, 0.4) is 0 Å². The second-order valence-electron chi connectivity index (χ2n) is 9.07. The lowest BCUT2D eigenvalue weighted by Crippen LogP contribution is -2.52. The van der Waals surface area contributed by atoms with Crippen LogP contribution in [0.2, 0.25) is 0 Å². The molecule has 0 saturated carbocycles. The number of piperidine rings is 1. The number of halogens is 2. The van der Waals surface area contributed by atoms with Gasteiger partial charge >= 0.3 is 0 Å². The van der Waals surface area contributed by atoms with E-state index in [2.05, 4.69) is 4.90 Å². The summed E-state index contributed by atoms with van der Waals surface area (Å²) in [6.07, 6.45) is 2.07. The molecule has 0 bridgehead atoms. The lowest BCUT2D eigenvalue weighted by Gasteiger charge is -2.39. The van der Waals surface area contributed by atoms with Gasteiger partial charge in [0.2, 0.25) is 5.96 Å². The first-order valence-electron chi connectivity index (χ1n) is 11.7. The molecule has 180 valence electrons. The van der Waals surface area contributed by atoms with Crippen molar-refractivity contribution in [2.45, 2.75) is 37.6 Å². The Morgan fingerprint density at radius 2 is 1.88 bits per heavy atom. The zero-order valence-corrected chi connectivity index (χ0v) is 19.0. The number of nitrogens with zero attached hydrogens (tertiary/aromatic N) is 5. The van der Waals surface area contributed by atoms with Gasteiger partial charge in [-0.3, -0.25) is 14.8 Å². The van der Waals surface area contributed by atoms with Crippen molar-refractivity contribution >= 4 is 17.5 Å². The van der Waals surface area contributed by atoms with Crippen LogP contribution in [0.15, 0.2) is 22.1 Å².